The van der Waals surface area contributed by atoms with Crippen LogP contribution in [0.1, 0.15) is 113 Å². The number of carbonyl (C=O) groups excluding carboxylic acids is 1. The number of carboxylic acid groups (broad SMARTS) is 1. The van der Waals surface area contributed by atoms with Crippen LogP contribution in [0, 0.1) is 44.8 Å². The van der Waals surface area contributed by atoms with Crippen molar-refractivity contribution in [1.82, 2.24) is 0 Å². The third-order valence-corrected chi connectivity index (χ3v) is 13.1. The molecule has 9 unspecified atom stereocenters. The van der Waals surface area contributed by atoms with Crippen molar-refractivity contribution >= 4 is 11.8 Å². The molecule has 5 fully saturated rings. The first-order chi connectivity index (χ1) is 16.0. The highest BCUT2D eigenvalue weighted by atomic mass is 16.5. The molecule has 5 nitrogen and oxygen atoms in total. The summed E-state index contributed by atoms with van der Waals surface area (Å²) in [6.07, 6.45) is 8.00. The van der Waals surface area contributed by atoms with Crippen molar-refractivity contribution in [3.05, 3.63) is 0 Å². The molecule has 5 rings (SSSR count). The van der Waals surface area contributed by atoms with Gasteiger partial charge >= 0.3 is 5.97 Å². The molecule has 198 valence electrons. The lowest BCUT2D eigenvalue weighted by atomic mass is 9.33. The highest BCUT2D eigenvalue weighted by molar-refractivity contribution is 5.85. The van der Waals surface area contributed by atoms with Gasteiger partial charge in [0.1, 0.15) is 5.78 Å². The van der Waals surface area contributed by atoms with E-state index in [2.05, 4.69) is 34.6 Å². The average Bonchev–Trinajstić information content (AvgIpc) is 2.76. The Morgan fingerprint density at radius 1 is 0.886 bits per heavy atom. The summed E-state index contributed by atoms with van der Waals surface area (Å²) < 4.78 is 6.68. The van der Waals surface area contributed by atoms with Crippen molar-refractivity contribution in [1.29, 1.82) is 0 Å². The summed E-state index contributed by atoms with van der Waals surface area (Å²) in [5, 5.41) is 21.3. The first-order valence-corrected chi connectivity index (χ1v) is 14.2. The molecule has 5 heteroatoms. The summed E-state index contributed by atoms with van der Waals surface area (Å²) in [6, 6.07) is 0. The number of hydrogen-bond donors (Lipinski definition) is 2. The minimum absolute atomic E-state index is 0.0133. The van der Waals surface area contributed by atoms with E-state index in [1.165, 1.54) is 0 Å². The first kappa shape index (κ1) is 25.7. The molecule has 4 saturated carbocycles. The Morgan fingerprint density at radius 3 is 2.20 bits per heavy atom. The Bertz CT molecular complexity index is 918. The molecule has 0 aromatic heterocycles. The number of aliphatic carboxylic acids is 1. The number of aliphatic hydroxyl groups is 1. The monoisotopic (exact) mass is 488 g/mol. The maximum Gasteiger partial charge on any atom is 0.312 e. The van der Waals surface area contributed by atoms with E-state index in [0.29, 0.717) is 43.3 Å². The fourth-order valence-electron chi connectivity index (χ4n) is 10.7. The normalized spacial score (nSPS) is 51.4. The number of Topliss-reactive ketones (excluding diaryl/α,β-unsaturated/α-hetero) is 1. The van der Waals surface area contributed by atoms with Crippen molar-refractivity contribution in [2.24, 2.45) is 44.8 Å². The molecular formula is C30H48O5. The summed E-state index contributed by atoms with van der Waals surface area (Å²) in [4.78, 5) is 25.7. The number of fused-ring (bicyclic) bond motifs is 7. The summed E-state index contributed by atoms with van der Waals surface area (Å²) in [7, 11) is 0. The Kier molecular flexibility index (Phi) is 5.55. The van der Waals surface area contributed by atoms with Gasteiger partial charge in [-0.1, -0.05) is 34.6 Å². The number of ether oxygens (including phenoxy) is 1. The minimum atomic E-state index is -0.981. The van der Waals surface area contributed by atoms with Gasteiger partial charge in [0, 0.05) is 11.8 Å². The lowest BCUT2D eigenvalue weighted by molar-refractivity contribution is -0.283. The highest BCUT2D eigenvalue weighted by Crippen LogP contribution is 2.75. The molecule has 5 aliphatic rings. The van der Waals surface area contributed by atoms with E-state index < -0.39 is 17.0 Å². The average molecular weight is 489 g/mol. The van der Waals surface area contributed by atoms with Crippen LogP contribution in [-0.4, -0.2) is 39.8 Å². The third kappa shape index (κ3) is 3.19. The summed E-state index contributed by atoms with van der Waals surface area (Å²) in [6.45, 7) is 15.4. The van der Waals surface area contributed by atoms with E-state index in [1.807, 2.05) is 0 Å². The van der Waals surface area contributed by atoms with Crippen LogP contribution in [0.4, 0.5) is 0 Å². The van der Waals surface area contributed by atoms with Crippen LogP contribution < -0.4 is 0 Å². The molecule has 0 bridgehead atoms. The molecule has 1 heterocycles. The number of hydrogen-bond acceptors (Lipinski definition) is 4. The zero-order chi connectivity index (χ0) is 25.8. The number of carbonyl (C=O) groups is 2. The van der Waals surface area contributed by atoms with Gasteiger partial charge < -0.3 is 14.9 Å². The molecule has 1 saturated heterocycles. The quantitative estimate of drug-likeness (QED) is 0.497. The summed E-state index contributed by atoms with van der Waals surface area (Å²) in [5.41, 5.74) is -1.86. The number of ketones is 1. The van der Waals surface area contributed by atoms with Crippen molar-refractivity contribution in [3.63, 3.8) is 0 Å². The molecule has 9 atom stereocenters. The van der Waals surface area contributed by atoms with Gasteiger partial charge in [0.2, 0.25) is 0 Å². The van der Waals surface area contributed by atoms with Gasteiger partial charge in [0.25, 0.3) is 0 Å². The zero-order valence-electron chi connectivity index (χ0n) is 23.1. The fourth-order valence-corrected chi connectivity index (χ4v) is 10.7. The number of rotatable bonds is 2. The van der Waals surface area contributed by atoms with E-state index in [1.54, 1.807) is 13.8 Å². The van der Waals surface area contributed by atoms with E-state index in [9.17, 15) is 19.8 Å². The maximum atomic E-state index is 12.9. The molecule has 0 aromatic carbocycles. The second-order valence-corrected chi connectivity index (χ2v) is 15.0. The Balaban J connectivity index is 1.54. The van der Waals surface area contributed by atoms with Crippen LogP contribution in [0.25, 0.3) is 0 Å². The van der Waals surface area contributed by atoms with Crippen LogP contribution >= 0.6 is 0 Å². The lowest BCUT2D eigenvalue weighted by Crippen LogP contribution is -2.69. The van der Waals surface area contributed by atoms with E-state index in [0.717, 1.165) is 38.5 Å². The predicted molar refractivity (Wildman–Crippen MR) is 135 cm³/mol. The molecule has 35 heavy (non-hydrogen) atoms. The zero-order valence-corrected chi connectivity index (χ0v) is 23.1. The molecule has 2 N–H and O–H groups in total. The van der Waals surface area contributed by atoms with E-state index in [4.69, 9.17) is 4.74 Å². The topological polar surface area (TPSA) is 83.8 Å². The van der Waals surface area contributed by atoms with Crippen LogP contribution in [0.15, 0.2) is 0 Å². The van der Waals surface area contributed by atoms with Gasteiger partial charge in [-0.3, -0.25) is 9.59 Å². The summed E-state index contributed by atoms with van der Waals surface area (Å²) >= 11 is 0. The third-order valence-electron chi connectivity index (χ3n) is 13.1. The van der Waals surface area contributed by atoms with Gasteiger partial charge in [0.05, 0.1) is 23.2 Å². The van der Waals surface area contributed by atoms with Crippen LogP contribution in [0.2, 0.25) is 0 Å². The second-order valence-electron chi connectivity index (χ2n) is 15.0. The molecule has 0 spiro atoms. The van der Waals surface area contributed by atoms with Crippen LogP contribution in [0.3, 0.4) is 0 Å². The van der Waals surface area contributed by atoms with Crippen molar-refractivity contribution in [3.8, 4) is 0 Å². The SMILES string of the molecule is CC(C)(O)C1CCC2(C(=O)O)CCC3(C)C(CCC4C5(C)CCC(=O)C(C)(C)C5CCC43C)C2O1. The molecule has 0 amide bonds. The minimum Gasteiger partial charge on any atom is -0.481 e. The smallest absolute Gasteiger partial charge is 0.312 e. The van der Waals surface area contributed by atoms with Gasteiger partial charge in [-0.15, -0.1) is 0 Å². The molecule has 0 radical (unpaired) electrons. The van der Waals surface area contributed by atoms with E-state index in [-0.39, 0.29) is 39.8 Å². The Hall–Kier alpha value is -0.940. The second kappa shape index (κ2) is 7.56. The van der Waals surface area contributed by atoms with Gasteiger partial charge in [-0.2, -0.15) is 0 Å². The van der Waals surface area contributed by atoms with Gasteiger partial charge in [0.15, 0.2) is 0 Å². The van der Waals surface area contributed by atoms with Gasteiger partial charge in [-0.25, -0.2) is 0 Å². The Morgan fingerprint density at radius 2 is 1.57 bits per heavy atom. The van der Waals surface area contributed by atoms with Crippen LogP contribution in [0.5, 0.6) is 0 Å². The fraction of sp³-hybridized carbons (Fsp3) is 0.933. The molecule has 0 aromatic rings. The molecular weight excluding hydrogens is 440 g/mol. The first-order valence-electron chi connectivity index (χ1n) is 14.2. The van der Waals surface area contributed by atoms with Crippen molar-refractivity contribution < 1.29 is 24.5 Å². The molecule has 4 aliphatic carbocycles. The lowest BCUT2D eigenvalue weighted by Gasteiger charge is -2.72. The van der Waals surface area contributed by atoms with Gasteiger partial charge in [-0.05, 0) is 106 Å². The maximum absolute atomic E-state index is 12.9. The van der Waals surface area contributed by atoms with Crippen LogP contribution in [-0.2, 0) is 14.3 Å². The molecule has 1 aliphatic heterocycles. The highest BCUT2D eigenvalue weighted by Gasteiger charge is 2.71. The summed E-state index contributed by atoms with van der Waals surface area (Å²) in [5.74, 6) is 0.849. The Labute approximate surface area is 211 Å². The van der Waals surface area contributed by atoms with Crippen molar-refractivity contribution in [2.75, 3.05) is 0 Å². The number of carboxylic acids is 1. The van der Waals surface area contributed by atoms with Crippen molar-refractivity contribution in [2.45, 2.75) is 130 Å². The van der Waals surface area contributed by atoms with E-state index >= 15 is 0 Å². The largest absolute Gasteiger partial charge is 0.481 e. The standard InChI is InChI=1S/C30H48O5/c1-25(2)19-10-14-29(7)20(27(19,5)13-11-21(25)31)9-8-18-23-30(24(32)33,17-16-28(18,29)6)15-12-22(35-23)26(3,4)34/h18-20,22-23,34H,8-17H2,1-7H3,(H,32,33). The predicted octanol–water partition coefficient (Wildman–Crippen LogP) is 6.01.